The van der Waals surface area contributed by atoms with Gasteiger partial charge >= 0.3 is 6.03 Å². The Hall–Kier alpha value is -2.66. The molecular weight excluding hydrogens is 444 g/mol. The number of piperazine rings is 1. The maximum absolute atomic E-state index is 12.8. The third-order valence-corrected chi connectivity index (χ3v) is 8.38. The molecule has 180 valence electrons. The zero-order chi connectivity index (χ0) is 23.8. The number of aromatic nitrogens is 2. The predicted octanol–water partition coefficient (Wildman–Crippen LogP) is 1.12. The van der Waals surface area contributed by atoms with Gasteiger partial charge in [0.05, 0.1) is 15.9 Å². The summed E-state index contributed by atoms with van der Waals surface area (Å²) < 4.78 is 27.9. The van der Waals surface area contributed by atoms with Gasteiger partial charge in [-0.15, -0.1) is 0 Å². The molecule has 1 aromatic heterocycles. The highest BCUT2D eigenvalue weighted by Gasteiger charge is 2.28. The monoisotopic (exact) mass is 476 g/mol. The highest BCUT2D eigenvalue weighted by atomic mass is 32.2. The first-order valence-electron chi connectivity index (χ1n) is 11.4. The van der Waals surface area contributed by atoms with E-state index in [1.807, 2.05) is 26.3 Å². The number of aryl methyl sites for hydroxylation is 2. The average Bonchev–Trinajstić information content (AvgIpc) is 3.45. The number of hydrogen-bond donors (Lipinski definition) is 0. The number of fused-ring (bicyclic) bond motifs is 1. The van der Waals surface area contributed by atoms with Crippen molar-refractivity contribution in [3.63, 3.8) is 0 Å². The number of nitrogens with zero attached hydrogens (tertiary/aromatic N) is 6. The van der Waals surface area contributed by atoms with Crippen molar-refractivity contribution in [2.45, 2.75) is 30.6 Å². The third kappa shape index (κ3) is 4.70. The minimum atomic E-state index is -3.54. The van der Waals surface area contributed by atoms with Crippen molar-refractivity contribution in [2.75, 3.05) is 53.4 Å². The van der Waals surface area contributed by atoms with Gasteiger partial charge < -0.3 is 19.3 Å². The molecule has 11 heteroatoms. The number of likely N-dealkylation sites (tertiary alicyclic amines) is 1. The van der Waals surface area contributed by atoms with Gasteiger partial charge in [0.15, 0.2) is 0 Å². The molecule has 0 aliphatic carbocycles. The molecule has 4 rings (SSSR count). The minimum Gasteiger partial charge on any atom is -0.339 e. The molecular formula is C22H32N6O4S. The van der Waals surface area contributed by atoms with E-state index in [9.17, 15) is 18.0 Å². The number of urea groups is 1. The highest BCUT2D eigenvalue weighted by molar-refractivity contribution is 7.89. The minimum absolute atomic E-state index is 0.0474. The zero-order valence-corrected chi connectivity index (χ0v) is 20.3. The van der Waals surface area contributed by atoms with Gasteiger partial charge in [0.2, 0.25) is 15.9 Å². The molecule has 0 N–H and O–H groups in total. The van der Waals surface area contributed by atoms with E-state index in [0.717, 1.165) is 37.3 Å². The fourth-order valence-electron chi connectivity index (χ4n) is 4.46. The lowest BCUT2D eigenvalue weighted by atomic mass is 10.2. The summed E-state index contributed by atoms with van der Waals surface area (Å²) in [6, 6.07) is 5.00. The quantitative estimate of drug-likeness (QED) is 0.644. The molecule has 2 aliphatic heterocycles. The first kappa shape index (κ1) is 23.5. The van der Waals surface area contributed by atoms with Crippen LogP contribution in [0.4, 0.5) is 4.79 Å². The lowest BCUT2D eigenvalue weighted by Crippen LogP contribution is -2.53. The van der Waals surface area contributed by atoms with Crippen LogP contribution in [0, 0.1) is 0 Å². The van der Waals surface area contributed by atoms with E-state index >= 15 is 0 Å². The molecule has 33 heavy (non-hydrogen) atoms. The summed E-state index contributed by atoms with van der Waals surface area (Å²) in [5.41, 5.74) is 1.42. The second-order valence-electron chi connectivity index (χ2n) is 8.87. The van der Waals surface area contributed by atoms with Crippen molar-refractivity contribution in [3.05, 3.63) is 24.0 Å². The summed E-state index contributed by atoms with van der Waals surface area (Å²) >= 11 is 0. The van der Waals surface area contributed by atoms with Gasteiger partial charge in [-0.3, -0.25) is 4.79 Å². The summed E-state index contributed by atoms with van der Waals surface area (Å²) in [6.07, 6.45) is 2.92. The lowest BCUT2D eigenvalue weighted by molar-refractivity contribution is -0.132. The zero-order valence-electron chi connectivity index (χ0n) is 19.5. The van der Waals surface area contributed by atoms with E-state index in [1.54, 1.807) is 18.2 Å². The summed E-state index contributed by atoms with van der Waals surface area (Å²) in [5.74, 6) is 0.784. The molecule has 10 nitrogen and oxygen atoms in total. The molecule has 3 amide bonds. The average molecular weight is 477 g/mol. The van der Waals surface area contributed by atoms with Gasteiger partial charge in [-0.25, -0.2) is 22.5 Å². The molecule has 3 heterocycles. The molecule has 0 bridgehead atoms. The fraction of sp³-hybridized carbons (Fsp3) is 0.591. The van der Waals surface area contributed by atoms with Crippen LogP contribution in [0.25, 0.3) is 11.0 Å². The summed E-state index contributed by atoms with van der Waals surface area (Å²) in [7, 11) is 1.33. The van der Waals surface area contributed by atoms with Crippen LogP contribution in [0.5, 0.6) is 0 Å². The van der Waals surface area contributed by atoms with Crippen molar-refractivity contribution in [2.24, 2.45) is 7.05 Å². The van der Waals surface area contributed by atoms with Crippen LogP contribution in [-0.4, -0.2) is 102 Å². The van der Waals surface area contributed by atoms with E-state index in [1.165, 1.54) is 18.4 Å². The third-order valence-electron chi connectivity index (χ3n) is 6.57. The summed E-state index contributed by atoms with van der Waals surface area (Å²) in [6.45, 7) is 3.89. The Morgan fingerprint density at radius 2 is 1.58 bits per heavy atom. The second-order valence-corrected chi connectivity index (χ2v) is 11.0. The molecule has 0 saturated carbocycles. The van der Waals surface area contributed by atoms with Crippen LogP contribution in [-0.2, 0) is 28.3 Å². The number of benzene rings is 1. The van der Waals surface area contributed by atoms with E-state index in [4.69, 9.17) is 0 Å². The fourth-order valence-corrected chi connectivity index (χ4v) is 5.38. The van der Waals surface area contributed by atoms with Crippen LogP contribution in [0.3, 0.4) is 0 Å². The van der Waals surface area contributed by atoms with Crippen molar-refractivity contribution in [1.29, 1.82) is 0 Å². The van der Waals surface area contributed by atoms with E-state index < -0.39 is 10.0 Å². The first-order valence-corrected chi connectivity index (χ1v) is 12.8. The smallest absolute Gasteiger partial charge is 0.320 e. The van der Waals surface area contributed by atoms with Gasteiger partial charge in [0, 0.05) is 73.3 Å². The van der Waals surface area contributed by atoms with E-state index in [2.05, 4.69) is 4.98 Å². The molecule has 2 aromatic rings. The Labute approximate surface area is 194 Å². The van der Waals surface area contributed by atoms with Crippen LogP contribution in [0.1, 0.15) is 25.1 Å². The second kappa shape index (κ2) is 9.30. The number of rotatable bonds is 5. The number of sulfonamides is 1. The van der Waals surface area contributed by atoms with Crippen molar-refractivity contribution in [3.8, 4) is 0 Å². The van der Waals surface area contributed by atoms with Gasteiger partial charge in [-0.1, -0.05) is 0 Å². The van der Waals surface area contributed by atoms with E-state index in [0.29, 0.717) is 44.5 Å². The van der Waals surface area contributed by atoms with Crippen molar-refractivity contribution in [1.82, 2.24) is 28.6 Å². The predicted molar refractivity (Wildman–Crippen MR) is 124 cm³/mol. The van der Waals surface area contributed by atoms with E-state index in [-0.39, 0.29) is 16.8 Å². The van der Waals surface area contributed by atoms with Crippen LogP contribution >= 0.6 is 0 Å². The van der Waals surface area contributed by atoms with Gasteiger partial charge in [-0.05, 0) is 31.0 Å². The van der Waals surface area contributed by atoms with Crippen LogP contribution < -0.4 is 0 Å². The molecule has 2 aliphatic rings. The highest BCUT2D eigenvalue weighted by Crippen LogP contribution is 2.22. The van der Waals surface area contributed by atoms with Crippen LogP contribution in [0.15, 0.2) is 23.1 Å². The SMILES string of the molecule is CN(C)S(=O)(=O)c1ccc2c(c1)nc(CCC(=O)N1CCN(C(=O)N3CCCC3)CC1)n2C. The maximum Gasteiger partial charge on any atom is 0.320 e. The Morgan fingerprint density at radius 3 is 2.21 bits per heavy atom. The van der Waals surface area contributed by atoms with Gasteiger partial charge in [0.25, 0.3) is 0 Å². The molecule has 2 fully saturated rings. The molecule has 0 unspecified atom stereocenters. The lowest BCUT2D eigenvalue weighted by Gasteiger charge is -2.36. The van der Waals surface area contributed by atoms with Gasteiger partial charge in [0.1, 0.15) is 5.82 Å². The topological polar surface area (TPSA) is 99.1 Å². The number of hydrogen-bond acceptors (Lipinski definition) is 5. The molecule has 0 atom stereocenters. The Morgan fingerprint density at radius 1 is 0.970 bits per heavy atom. The largest absolute Gasteiger partial charge is 0.339 e. The van der Waals surface area contributed by atoms with Crippen molar-refractivity contribution >= 4 is 33.0 Å². The standard InChI is InChI=1S/C22H32N6O4S/c1-24(2)33(31,32)17-6-7-19-18(16-17)23-20(25(19)3)8-9-21(29)26-12-14-28(15-13-26)22(30)27-10-4-5-11-27/h6-7,16H,4-5,8-15H2,1-3H3. The normalized spacial score (nSPS) is 17.4. The molecule has 1 aromatic carbocycles. The van der Waals surface area contributed by atoms with Crippen LogP contribution in [0.2, 0.25) is 0 Å². The number of amides is 3. The first-order chi connectivity index (χ1) is 15.7. The Balaban J connectivity index is 1.36. The summed E-state index contributed by atoms with van der Waals surface area (Å²) in [5, 5.41) is 0. The molecule has 0 spiro atoms. The number of imidazole rings is 1. The Kier molecular flexibility index (Phi) is 6.62. The summed E-state index contributed by atoms with van der Waals surface area (Å²) in [4.78, 5) is 35.7. The van der Waals surface area contributed by atoms with Crippen molar-refractivity contribution < 1.29 is 18.0 Å². The molecule has 0 radical (unpaired) electrons. The van der Waals surface area contributed by atoms with Gasteiger partial charge in [-0.2, -0.15) is 0 Å². The Bertz CT molecular complexity index is 1150. The number of carbonyl (C=O) groups excluding carboxylic acids is 2. The number of carbonyl (C=O) groups is 2. The molecule has 2 saturated heterocycles. The maximum atomic E-state index is 12.8.